The van der Waals surface area contributed by atoms with E-state index in [9.17, 15) is 13.2 Å². The van der Waals surface area contributed by atoms with Crippen LogP contribution in [-0.2, 0) is 12.7 Å². The zero-order valence-corrected chi connectivity index (χ0v) is 11.4. The van der Waals surface area contributed by atoms with Crippen LogP contribution in [0, 0.1) is 6.92 Å². The van der Waals surface area contributed by atoms with Gasteiger partial charge >= 0.3 is 6.18 Å². The first-order chi connectivity index (χ1) is 9.38. The number of hydrogen-bond donors (Lipinski definition) is 1. The van der Waals surface area contributed by atoms with Crippen LogP contribution in [0.15, 0.2) is 36.7 Å². The third-order valence-corrected chi connectivity index (χ3v) is 3.23. The average Bonchev–Trinajstić information content (AvgIpc) is 2.38. The van der Waals surface area contributed by atoms with Gasteiger partial charge in [-0.2, -0.15) is 13.2 Å². The fourth-order valence-electron chi connectivity index (χ4n) is 1.73. The standard InChI is InChI=1S/C14H12ClF3N2/c1-9-2-3-11(14(16,17)18)6-13(9)20-7-10-4-5-19-8-12(10)15/h2-6,8,20H,7H2,1H3. The van der Waals surface area contributed by atoms with Gasteiger partial charge in [-0.25, -0.2) is 0 Å². The highest BCUT2D eigenvalue weighted by Crippen LogP contribution is 2.32. The molecule has 0 amide bonds. The van der Waals surface area contributed by atoms with E-state index in [0.717, 1.165) is 23.3 Å². The van der Waals surface area contributed by atoms with Crippen LogP contribution in [0.5, 0.6) is 0 Å². The molecule has 1 aromatic carbocycles. The highest BCUT2D eigenvalue weighted by molar-refractivity contribution is 6.31. The summed E-state index contributed by atoms with van der Waals surface area (Å²) in [6.07, 6.45) is -1.27. The van der Waals surface area contributed by atoms with Crippen LogP contribution in [0.2, 0.25) is 5.02 Å². The molecule has 0 spiro atoms. The molecule has 0 fully saturated rings. The van der Waals surface area contributed by atoms with E-state index in [0.29, 0.717) is 17.3 Å². The molecule has 2 aromatic rings. The van der Waals surface area contributed by atoms with Crippen LogP contribution in [0.4, 0.5) is 18.9 Å². The zero-order valence-electron chi connectivity index (χ0n) is 10.6. The third-order valence-electron chi connectivity index (χ3n) is 2.89. The number of alkyl halides is 3. The number of halogens is 4. The number of anilines is 1. The number of nitrogens with zero attached hydrogens (tertiary/aromatic N) is 1. The van der Waals surface area contributed by atoms with Crippen molar-refractivity contribution < 1.29 is 13.2 Å². The van der Waals surface area contributed by atoms with Crippen molar-refractivity contribution >= 4 is 17.3 Å². The number of aryl methyl sites for hydroxylation is 1. The first kappa shape index (κ1) is 14.7. The molecule has 0 unspecified atom stereocenters. The normalized spacial score (nSPS) is 11.4. The molecule has 2 nitrogen and oxygen atoms in total. The Bertz CT molecular complexity index is 612. The molecule has 2 rings (SSSR count). The quantitative estimate of drug-likeness (QED) is 0.890. The van der Waals surface area contributed by atoms with Crippen LogP contribution < -0.4 is 5.32 Å². The van der Waals surface area contributed by atoms with Gasteiger partial charge < -0.3 is 5.32 Å². The zero-order chi connectivity index (χ0) is 14.8. The second kappa shape index (κ2) is 5.71. The van der Waals surface area contributed by atoms with E-state index in [1.807, 2.05) is 0 Å². The van der Waals surface area contributed by atoms with Crippen molar-refractivity contribution in [3.63, 3.8) is 0 Å². The summed E-state index contributed by atoms with van der Waals surface area (Å²) in [5.74, 6) is 0. The third kappa shape index (κ3) is 3.42. The highest BCUT2D eigenvalue weighted by atomic mass is 35.5. The lowest BCUT2D eigenvalue weighted by molar-refractivity contribution is -0.137. The molecule has 0 saturated carbocycles. The Kier molecular flexibility index (Phi) is 4.18. The van der Waals surface area contributed by atoms with Crippen LogP contribution in [0.3, 0.4) is 0 Å². The van der Waals surface area contributed by atoms with Crippen molar-refractivity contribution in [2.24, 2.45) is 0 Å². The molecule has 106 valence electrons. The summed E-state index contributed by atoms with van der Waals surface area (Å²) < 4.78 is 38.0. The minimum atomic E-state index is -4.35. The van der Waals surface area contributed by atoms with Crippen molar-refractivity contribution in [3.8, 4) is 0 Å². The molecule has 0 bridgehead atoms. The summed E-state index contributed by atoms with van der Waals surface area (Å²) in [6.45, 7) is 2.08. The number of aromatic nitrogens is 1. The number of nitrogens with one attached hydrogen (secondary N) is 1. The van der Waals surface area contributed by atoms with Crippen LogP contribution in [-0.4, -0.2) is 4.98 Å². The second-order valence-corrected chi connectivity index (χ2v) is 4.76. The second-order valence-electron chi connectivity index (χ2n) is 4.35. The van der Waals surface area contributed by atoms with Crippen molar-refractivity contribution in [1.82, 2.24) is 4.98 Å². The molecule has 1 aromatic heterocycles. The predicted octanol–water partition coefficient (Wildman–Crippen LogP) is 4.67. The van der Waals surface area contributed by atoms with E-state index >= 15 is 0 Å². The number of benzene rings is 1. The number of hydrogen-bond acceptors (Lipinski definition) is 2. The lowest BCUT2D eigenvalue weighted by atomic mass is 10.1. The van der Waals surface area contributed by atoms with Gasteiger partial charge in [0.2, 0.25) is 0 Å². The van der Waals surface area contributed by atoms with Gasteiger partial charge in [-0.1, -0.05) is 17.7 Å². The minimum absolute atomic E-state index is 0.337. The van der Waals surface area contributed by atoms with Crippen LogP contribution in [0.25, 0.3) is 0 Å². The smallest absolute Gasteiger partial charge is 0.381 e. The monoisotopic (exact) mass is 300 g/mol. The van der Waals surface area contributed by atoms with Gasteiger partial charge in [0.25, 0.3) is 0 Å². The SMILES string of the molecule is Cc1ccc(C(F)(F)F)cc1NCc1ccncc1Cl. The van der Waals surface area contributed by atoms with Gasteiger partial charge in [-0.15, -0.1) is 0 Å². The van der Waals surface area contributed by atoms with Gasteiger partial charge in [0.15, 0.2) is 0 Å². The lowest BCUT2D eigenvalue weighted by Gasteiger charge is -2.13. The summed E-state index contributed by atoms with van der Waals surface area (Å²) in [4.78, 5) is 3.86. The van der Waals surface area contributed by atoms with Crippen LogP contribution >= 0.6 is 11.6 Å². The molecule has 1 heterocycles. The molecule has 0 aliphatic heterocycles. The van der Waals surface area contributed by atoms with E-state index in [2.05, 4.69) is 10.3 Å². The first-order valence-electron chi connectivity index (χ1n) is 5.88. The minimum Gasteiger partial charge on any atom is -0.381 e. The van der Waals surface area contributed by atoms with E-state index in [1.54, 1.807) is 19.2 Å². The summed E-state index contributed by atoms with van der Waals surface area (Å²) in [6, 6.07) is 5.34. The molecular formula is C14H12ClF3N2. The molecule has 0 aliphatic rings. The van der Waals surface area contributed by atoms with Gasteiger partial charge in [-0.3, -0.25) is 4.98 Å². The average molecular weight is 301 g/mol. The van der Waals surface area contributed by atoms with Gasteiger partial charge in [0.05, 0.1) is 10.6 Å². The predicted molar refractivity (Wildman–Crippen MR) is 72.8 cm³/mol. The molecule has 20 heavy (non-hydrogen) atoms. The molecule has 0 aliphatic carbocycles. The van der Waals surface area contributed by atoms with Crippen molar-refractivity contribution in [2.45, 2.75) is 19.6 Å². The highest BCUT2D eigenvalue weighted by Gasteiger charge is 2.30. The first-order valence-corrected chi connectivity index (χ1v) is 6.26. The molecule has 0 saturated heterocycles. The topological polar surface area (TPSA) is 24.9 Å². The summed E-state index contributed by atoms with van der Waals surface area (Å²) >= 11 is 5.95. The van der Waals surface area contributed by atoms with E-state index in [-0.39, 0.29) is 0 Å². The van der Waals surface area contributed by atoms with E-state index < -0.39 is 11.7 Å². The maximum Gasteiger partial charge on any atom is 0.416 e. The fraction of sp³-hybridized carbons (Fsp3) is 0.214. The Morgan fingerprint density at radius 2 is 2.00 bits per heavy atom. The van der Waals surface area contributed by atoms with Gasteiger partial charge in [0.1, 0.15) is 0 Å². The molecular weight excluding hydrogens is 289 g/mol. The van der Waals surface area contributed by atoms with Crippen molar-refractivity contribution in [3.05, 3.63) is 58.4 Å². The molecule has 6 heteroatoms. The van der Waals surface area contributed by atoms with Gasteiger partial charge in [-0.05, 0) is 36.2 Å². The molecule has 0 atom stereocenters. The Hall–Kier alpha value is -1.75. The Morgan fingerprint density at radius 1 is 1.25 bits per heavy atom. The van der Waals surface area contributed by atoms with E-state index in [4.69, 9.17) is 11.6 Å². The number of rotatable bonds is 3. The summed E-state index contributed by atoms with van der Waals surface area (Å²) in [5.41, 5.74) is 1.28. The Morgan fingerprint density at radius 3 is 2.65 bits per heavy atom. The maximum atomic E-state index is 12.7. The molecule has 1 N–H and O–H groups in total. The van der Waals surface area contributed by atoms with Gasteiger partial charge in [0, 0.05) is 24.6 Å². The summed E-state index contributed by atoms with van der Waals surface area (Å²) in [5, 5.41) is 3.45. The van der Waals surface area contributed by atoms with Crippen LogP contribution in [0.1, 0.15) is 16.7 Å². The number of pyridine rings is 1. The lowest BCUT2D eigenvalue weighted by Crippen LogP contribution is -2.08. The van der Waals surface area contributed by atoms with Crippen molar-refractivity contribution in [1.29, 1.82) is 0 Å². The fourth-order valence-corrected chi connectivity index (χ4v) is 1.91. The summed E-state index contributed by atoms with van der Waals surface area (Å²) in [7, 11) is 0. The Balaban J connectivity index is 2.19. The largest absolute Gasteiger partial charge is 0.416 e. The van der Waals surface area contributed by atoms with Crippen molar-refractivity contribution in [2.75, 3.05) is 5.32 Å². The van der Waals surface area contributed by atoms with E-state index in [1.165, 1.54) is 12.3 Å². The maximum absolute atomic E-state index is 12.7. The Labute approximate surface area is 119 Å². The molecule has 0 radical (unpaired) electrons.